The first-order valence-corrected chi connectivity index (χ1v) is 12.6. The molecule has 5 rings (SSSR count). The Labute approximate surface area is 200 Å². The van der Waals surface area contributed by atoms with Crippen molar-refractivity contribution in [1.82, 2.24) is 24.1 Å². The highest BCUT2D eigenvalue weighted by molar-refractivity contribution is 7.17. The van der Waals surface area contributed by atoms with Crippen LogP contribution in [-0.2, 0) is 17.8 Å². The van der Waals surface area contributed by atoms with E-state index in [1.165, 1.54) is 23.5 Å². The van der Waals surface area contributed by atoms with Crippen LogP contribution < -0.4 is 10.5 Å². The number of aromatic nitrogens is 4. The minimum atomic E-state index is -0.249. The smallest absolute Gasteiger partial charge is 0.272 e. The van der Waals surface area contributed by atoms with Crippen LogP contribution in [0.4, 0.5) is 10.1 Å². The predicted molar refractivity (Wildman–Crippen MR) is 131 cm³/mol. The third-order valence-corrected chi connectivity index (χ3v) is 7.29. The van der Waals surface area contributed by atoms with Gasteiger partial charge in [0.1, 0.15) is 16.3 Å². The molecule has 0 aliphatic carbocycles. The molecule has 1 amide bonds. The van der Waals surface area contributed by atoms with Crippen molar-refractivity contribution >= 4 is 38.9 Å². The van der Waals surface area contributed by atoms with Crippen LogP contribution in [0.2, 0.25) is 0 Å². The molecule has 0 atom stereocenters. The van der Waals surface area contributed by atoms with Gasteiger partial charge in [0.2, 0.25) is 11.7 Å². The molecule has 8 nitrogen and oxygen atoms in total. The first kappa shape index (κ1) is 22.5. The van der Waals surface area contributed by atoms with Crippen molar-refractivity contribution in [3.63, 3.8) is 0 Å². The van der Waals surface area contributed by atoms with Crippen molar-refractivity contribution in [3.8, 4) is 0 Å². The molecule has 34 heavy (non-hydrogen) atoms. The Kier molecular flexibility index (Phi) is 6.32. The van der Waals surface area contributed by atoms with E-state index in [-0.39, 0.29) is 17.3 Å². The Bertz CT molecular complexity index is 1370. The summed E-state index contributed by atoms with van der Waals surface area (Å²) in [4.78, 5) is 29.9. The van der Waals surface area contributed by atoms with E-state index in [1.807, 2.05) is 20.7 Å². The van der Waals surface area contributed by atoms with Crippen molar-refractivity contribution in [1.29, 1.82) is 0 Å². The van der Waals surface area contributed by atoms with E-state index in [0.717, 1.165) is 24.0 Å². The number of thiophene rings is 1. The topological polar surface area (TPSA) is 75.7 Å². The summed E-state index contributed by atoms with van der Waals surface area (Å²) in [5.41, 5.74) is 1.75. The number of nitrogens with zero attached hydrogens (tertiary/aromatic N) is 6. The number of rotatable bonds is 7. The lowest BCUT2D eigenvalue weighted by Crippen LogP contribution is -2.48. The number of carbonyl (C=O) groups excluding carboxylic acids is 1. The zero-order valence-electron chi connectivity index (χ0n) is 19.1. The van der Waals surface area contributed by atoms with E-state index in [9.17, 15) is 14.0 Å². The van der Waals surface area contributed by atoms with Crippen LogP contribution in [0.15, 0.2) is 40.5 Å². The maximum atomic E-state index is 13.2. The standard InChI is InChI=1S/C24H27FN6O2S/c1-2-3-11-30-23(33)22-19(10-16-34-22)31-20(26-27-24(30)31)8-9-21(32)29-14-12-28(13-15-29)18-6-4-17(25)5-7-18/h4-7,10,16H,2-3,8-9,11-15H2,1H3. The molecule has 1 fully saturated rings. The van der Waals surface area contributed by atoms with Gasteiger partial charge >= 0.3 is 0 Å². The normalized spacial score (nSPS) is 14.4. The molecule has 178 valence electrons. The number of piperazine rings is 1. The lowest BCUT2D eigenvalue weighted by molar-refractivity contribution is -0.131. The fourth-order valence-corrected chi connectivity index (χ4v) is 5.33. The fourth-order valence-electron chi connectivity index (χ4n) is 4.50. The van der Waals surface area contributed by atoms with Gasteiger partial charge in [-0.2, -0.15) is 0 Å². The monoisotopic (exact) mass is 482 g/mol. The Morgan fingerprint density at radius 3 is 2.59 bits per heavy atom. The molecule has 3 aromatic heterocycles. The third kappa shape index (κ3) is 4.18. The first-order chi connectivity index (χ1) is 16.6. The highest BCUT2D eigenvalue weighted by atomic mass is 32.1. The number of hydrogen-bond donors (Lipinski definition) is 0. The first-order valence-electron chi connectivity index (χ1n) is 11.7. The Hall–Kier alpha value is -3.27. The molecule has 0 N–H and O–H groups in total. The summed E-state index contributed by atoms with van der Waals surface area (Å²) >= 11 is 1.42. The van der Waals surface area contributed by atoms with Crippen molar-refractivity contribution in [2.24, 2.45) is 0 Å². The number of carbonyl (C=O) groups is 1. The van der Waals surface area contributed by atoms with Gasteiger partial charge in [-0.1, -0.05) is 13.3 Å². The average Bonchev–Trinajstić information content (AvgIpc) is 3.50. The van der Waals surface area contributed by atoms with Gasteiger partial charge in [-0.15, -0.1) is 21.5 Å². The Morgan fingerprint density at radius 2 is 1.85 bits per heavy atom. The second-order valence-electron chi connectivity index (χ2n) is 8.54. The summed E-state index contributed by atoms with van der Waals surface area (Å²) in [7, 11) is 0. The number of halogens is 1. The number of benzene rings is 1. The number of hydrogen-bond acceptors (Lipinski definition) is 6. The van der Waals surface area contributed by atoms with Crippen LogP contribution in [-0.4, -0.2) is 56.2 Å². The van der Waals surface area contributed by atoms with E-state index >= 15 is 0 Å². The van der Waals surface area contributed by atoms with Gasteiger partial charge in [0.25, 0.3) is 5.56 Å². The van der Waals surface area contributed by atoms with Gasteiger partial charge in [0.05, 0.1) is 5.52 Å². The lowest BCUT2D eigenvalue weighted by Gasteiger charge is -2.36. The summed E-state index contributed by atoms with van der Waals surface area (Å²) in [5.74, 6) is 1.07. The number of amides is 1. The molecule has 4 aromatic rings. The number of fused-ring (bicyclic) bond motifs is 3. The molecule has 10 heteroatoms. The van der Waals surface area contributed by atoms with Crippen LogP contribution in [0, 0.1) is 5.82 Å². The molecule has 1 saturated heterocycles. The quantitative estimate of drug-likeness (QED) is 0.404. The third-order valence-electron chi connectivity index (χ3n) is 6.40. The van der Waals surface area contributed by atoms with Crippen LogP contribution in [0.1, 0.15) is 32.0 Å². The second kappa shape index (κ2) is 9.54. The van der Waals surface area contributed by atoms with Crippen molar-refractivity contribution in [2.75, 3.05) is 31.1 Å². The van der Waals surface area contributed by atoms with E-state index < -0.39 is 0 Å². The minimum absolute atomic E-state index is 0.0278. The van der Waals surface area contributed by atoms with Crippen LogP contribution in [0.3, 0.4) is 0 Å². The number of unbranched alkanes of at least 4 members (excludes halogenated alkanes) is 1. The summed E-state index contributed by atoms with van der Waals surface area (Å²) < 4.78 is 17.5. The van der Waals surface area contributed by atoms with Gasteiger partial charge in [-0.25, -0.2) is 4.39 Å². The van der Waals surface area contributed by atoms with Crippen molar-refractivity contribution < 1.29 is 9.18 Å². The van der Waals surface area contributed by atoms with Gasteiger partial charge in [0, 0.05) is 51.3 Å². The summed E-state index contributed by atoms with van der Waals surface area (Å²) in [6.07, 6.45) is 2.65. The zero-order chi connectivity index (χ0) is 23.7. The molecule has 1 aliphatic heterocycles. The maximum absolute atomic E-state index is 13.2. The van der Waals surface area contributed by atoms with Crippen molar-refractivity contribution in [2.45, 2.75) is 39.2 Å². The summed E-state index contributed by atoms with van der Waals surface area (Å²) in [6.45, 7) is 5.37. The van der Waals surface area contributed by atoms with E-state index in [4.69, 9.17) is 0 Å². The molecule has 1 aromatic carbocycles. The van der Waals surface area contributed by atoms with Gasteiger partial charge in [-0.3, -0.25) is 18.6 Å². The van der Waals surface area contributed by atoms with Crippen LogP contribution >= 0.6 is 11.3 Å². The lowest BCUT2D eigenvalue weighted by atomic mass is 10.2. The fraction of sp³-hybridized carbons (Fsp3) is 0.417. The highest BCUT2D eigenvalue weighted by Gasteiger charge is 2.23. The molecule has 0 bridgehead atoms. The van der Waals surface area contributed by atoms with Crippen LogP contribution in [0.25, 0.3) is 16.0 Å². The van der Waals surface area contributed by atoms with Gasteiger partial charge in [0.15, 0.2) is 0 Å². The molecule has 0 spiro atoms. The zero-order valence-corrected chi connectivity index (χ0v) is 19.9. The summed E-state index contributed by atoms with van der Waals surface area (Å²) in [5, 5.41) is 10.6. The molecule has 0 saturated carbocycles. The molecule has 4 heterocycles. The predicted octanol–water partition coefficient (Wildman–Crippen LogP) is 3.33. The van der Waals surface area contributed by atoms with E-state index in [2.05, 4.69) is 22.0 Å². The SMILES string of the molecule is CCCCn1c(=O)c2sccc2n2c(CCC(=O)N3CCN(c4ccc(F)cc4)CC3)nnc12. The van der Waals surface area contributed by atoms with E-state index in [1.54, 1.807) is 16.7 Å². The Morgan fingerprint density at radius 1 is 1.09 bits per heavy atom. The molecule has 1 aliphatic rings. The second-order valence-corrected chi connectivity index (χ2v) is 9.46. The summed E-state index contributed by atoms with van der Waals surface area (Å²) in [6, 6.07) is 8.38. The van der Waals surface area contributed by atoms with Crippen LogP contribution in [0.5, 0.6) is 0 Å². The number of aryl methyl sites for hydroxylation is 2. The maximum Gasteiger partial charge on any atom is 0.272 e. The van der Waals surface area contributed by atoms with Crippen molar-refractivity contribution in [3.05, 3.63) is 57.7 Å². The van der Waals surface area contributed by atoms with Gasteiger partial charge in [-0.05, 0) is 42.1 Å². The largest absolute Gasteiger partial charge is 0.368 e. The Balaban J connectivity index is 1.29. The minimum Gasteiger partial charge on any atom is -0.368 e. The molecular formula is C24H27FN6O2S. The average molecular weight is 483 g/mol. The van der Waals surface area contributed by atoms with E-state index in [0.29, 0.717) is 61.9 Å². The molecule has 0 radical (unpaired) electrons. The highest BCUT2D eigenvalue weighted by Crippen LogP contribution is 2.21. The van der Waals surface area contributed by atoms with Gasteiger partial charge < -0.3 is 9.80 Å². The molecule has 0 unspecified atom stereocenters. The molecular weight excluding hydrogens is 455 g/mol. The number of anilines is 1.